The van der Waals surface area contributed by atoms with Crippen molar-refractivity contribution >= 4 is 27.7 Å². The summed E-state index contributed by atoms with van der Waals surface area (Å²) in [4.78, 5) is 13.3. The lowest BCUT2D eigenvalue weighted by Gasteiger charge is -2.14. The van der Waals surface area contributed by atoms with E-state index in [0.29, 0.717) is 12.2 Å². The Kier molecular flexibility index (Phi) is 6.86. The first-order valence-corrected chi connectivity index (χ1v) is 10.8. The fourth-order valence-electron chi connectivity index (χ4n) is 2.41. The summed E-state index contributed by atoms with van der Waals surface area (Å²) >= 11 is 1.66. The van der Waals surface area contributed by atoms with Gasteiger partial charge in [0.15, 0.2) is 0 Å². The van der Waals surface area contributed by atoms with E-state index in [9.17, 15) is 13.2 Å². The van der Waals surface area contributed by atoms with Crippen molar-refractivity contribution in [2.75, 3.05) is 5.75 Å². The molecule has 26 heavy (non-hydrogen) atoms. The Morgan fingerprint density at radius 2 is 1.77 bits per heavy atom. The third-order valence-electron chi connectivity index (χ3n) is 4.16. The Labute approximate surface area is 159 Å². The van der Waals surface area contributed by atoms with Crippen LogP contribution in [0.15, 0.2) is 52.3 Å². The number of nitrogens with two attached hydrogens (primary N) is 1. The zero-order chi connectivity index (χ0) is 19.3. The summed E-state index contributed by atoms with van der Waals surface area (Å²) in [5, 5.41) is 8.01. The van der Waals surface area contributed by atoms with Gasteiger partial charge in [0.05, 0.1) is 10.9 Å². The number of aryl methyl sites for hydroxylation is 2. The van der Waals surface area contributed by atoms with Gasteiger partial charge in [0.2, 0.25) is 15.9 Å². The van der Waals surface area contributed by atoms with Crippen LogP contribution in [0.3, 0.4) is 0 Å². The molecule has 1 amide bonds. The van der Waals surface area contributed by atoms with Crippen molar-refractivity contribution < 1.29 is 13.2 Å². The van der Waals surface area contributed by atoms with Crippen LogP contribution in [0.2, 0.25) is 0 Å². The quantitative estimate of drug-likeness (QED) is 0.708. The summed E-state index contributed by atoms with van der Waals surface area (Å²) in [5.74, 6) is 0.662. The molecule has 0 aliphatic rings. The number of primary sulfonamides is 1. The van der Waals surface area contributed by atoms with Crippen molar-refractivity contribution in [2.45, 2.75) is 43.0 Å². The van der Waals surface area contributed by atoms with Gasteiger partial charge < -0.3 is 5.32 Å². The van der Waals surface area contributed by atoms with E-state index in [1.165, 1.54) is 23.3 Å². The Hall–Kier alpha value is -1.83. The third-order valence-corrected chi connectivity index (χ3v) is 6.09. The van der Waals surface area contributed by atoms with E-state index in [1.54, 1.807) is 23.9 Å². The van der Waals surface area contributed by atoms with Crippen LogP contribution in [-0.4, -0.2) is 20.1 Å². The molecule has 0 aromatic heterocycles. The summed E-state index contributed by atoms with van der Waals surface area (Å²) in [7, 11) is -3.70. The first-order chi connectivity index (χ1) is 12.2. The topological polar surface area (TPSA) is 89.3 Å². The van der Waals surface area contributed by atoms with Crippen LogP contribution in [0.1, 0.15) is 36.1 Å². The zero-order valence-electron chi connectivity index (χ0n) is 15.2. The third kappa shape index (κ3) is 5.86. The van der Waals surface area contributed by atoms with E-state index in [1.807, 2.05) is 6.92 Å². The van der Waals surface area contributed by atoms with Gasteiger partial charge in [-0.15, -0.1) is 11.8 Å². The lowest BCUT2D eigenvalue weighted by molar-refractivity contribution is -0.121. The van der Waals surface area contributed by atoms with E-state index in [4.69, 9.17) is 5.14 Å². The molecule has 1 atom stereocenters. The number of sulfonamides is 1. The molecule has 0 fully saturated rings. The van der Waals surface area contributed by atoms with Crippen molar-refractivity contribution in [1.29, 1.82) is 0 Å². The summed E-state index contributed by atoms with van der Waals surface area (Å²) in [6.07, 6.45) is 0.414. The van der Waals surface area contributed by atoms with E-state index < -0.39 is 10.0 Å². The van der Waals surface area contributed by atoms with Gasteiger partial charge in [-0.05, 0) is 61.7 Å². The molecule has 2 rings (SSSR count). The fraction of sp³-hybridized carbons (Fsp3) is 0.316. The molecule has 2 aromatic rings. The molecular weight excluding hydrogens is 368 g/mol. The van der Waals surface area contributed by atoms with Crippen LogP contribution >= 0.6 is 11.8 Å². The Morgan fingerprint density at radius 3 is 2.35 bits per heavy atom. The van der Waals surface area contributed by atoms with Crippen molar-refractivity contribution in [3.05, 3.63) is 59.2 Å². The van der Waals surface area contributed by atoms with Crippen molar-refractivity contribution in [2.24, 2.45) is 5.14 Å². The summed E-state index contributed by atoms with van der Waals surface area (Å²) in [6, 6.07) is 12.3. The van der Waals surface area contributed by atoms with E-state index in [2.05, 4.69) is 37.4 Å². The smallest absolute Gasteiger partial charge is 0.238 e. The number of carbonyl (C=O) groups is 1. The van der Waals surface area contributed by atoms with Gasteiger partial charge >= 0.3 is 0 Å². The zero-order valence-corrected chi connectivity index (χ0v) is 16.8. The molecule has 0 heterocycles. The molecule has 7 heteroatoms. The number of benzene rings is 2. The number of carbonyl (C=O) groups excluding carboxylic acids is 1. The standard InChI is InChI=1S/C19H24N2O3S2/c1-13-4-7-17(12-14(13)2)25-11-10-19(22)21-15(3)16-5-8-18(9-6-16)26(20,23)24/h4-9,12,15H,10-11H2,1-3H3,(H,21,22)(H2,20,23,24). The number of amides is 1. The average molecular weight is 393 g/mol. The van der Waals surface area contributed by atoms with E-state index >= 15 is 0 Å². The molecule has 5 nitrogen and oxygen atoms in total. The van der Waals surface area contributed by atoms with Crippen molar-refractivity contribution in [1.82, 2.24) is 5.32 Å². The molecule has 1 unspecified atom stereocenters. The van der Waals surface area contributed by atoms with Gasteiger partial charge in [0, 0.05) is 17.1 Å². The lowest BCUT2D eigenvalue weighted by Crippen LogP contribution is -2.26. The highest BCUT2D eigenvalue weighted by Crippen LogP contribution is 2.22. The minimum Gasteiger partial charge on any atom is -0.350 e. The first-order valence-electron chi connectivity index (χ1n) is 8.29. The van der Waals surface area contributed by atoms with Crippen LogP contribution in [0, 0.1) is 13.8 Å². The number of thioether (sulfide) groups is 1. The molecule has 0 bridgehead atoms. The molecule has 2 aromatic carbocycles. The Bertz CT molecular complexity index is 878. The Balaban J connectivity index is 1.84. The Morgan fingerprint density at radius 1 is 1.12 bits per heavy atom. The highest BCUT2D eigenvalue weighted by molar-refractivity contribution is 7.99. The number of rotatable bonds is 7. The monoisotopic (exact) mass is 392 g/mol. The highest BCUT2D eigenvalue weighted by atomic mass is 32.2. The van der Waals surface area contributed by atoms with Gasteiger partial charge in [-0.25, -0.2) is 13.6 Å². The van der Waals surface area contributed by atoms with Gasteiger partial charge in [0.1, 0.15) is 0 Å². The van der Waals surface area contributed by atoms with Crippen molar-refractivity contribution in [3.63, 3.8) is 0 Å². The summed E-state index contributed by atoms with van der Waals surface area (Å²) < 4.78 is 22.5. The van der Waals surface area contributed by atoms with Crippen molar-refractivity contribution in [3.8, 4) is 0 Å². The number of hydrogen-bond acceptors (Lipinski definition) is 4. The van der Waals surface area contributed by atoms with Crippen LogP contribution in [0.5, 0.6) is 0 Å². The second-order valence-electron chi connectivity index (χ2n) is 6.25. The van der Waals surface area contributed by atoms with Gasteiger partial charge in [0.25, 0.3) is 0 Å². The number of nitrogens with one attached hydrogen (secondary N) is 1. The van der Waals surface area contributed by atoms with Gasteiger partial charge in [-0.2, -0.15) is 0 Å². The highest BCUT2D eigenvalue weighted by Gasteiger charge is 2.12. The summed E-state index contributed by atoms with van der Waals surface area (Å²) in [5.41, 5.74) is 3.33. The largest absolute Gasteiger partial charge is 0.350 e. The second kappa shape index (κ2) is 8.70. The van der Waals surface area contributed by atoms with Gasteiger partial charge in [-0.3, -0.25) is 4.79 Å². The molecular formula is C19H24N2O3S2. The minimum atomic E-state index is -3.70. The minimum absolute atomic E-state index is 0.0376. The number of hydrogen-bond donors (Lipinski definition) is 2. The predicted octanol–water partition coefficient (Wildman–Crippen LogP) is 3.31. The average Bonchev–Trinajstić information content (AvgIpc) is 2.57. The van der Waals surface area contributed by atoms with E-state index in [0.717, 1.165) is 10.5 Å². The van der Waals surface area contributed by atoms with Crippen LogP contribution in [0.4, 0.5) is 0 Å². The first kappa shape index (κ1) is 20.5. The maximum absolute atomic E-state index is 12.1. The molecule has 0 saturated carbocycles. The maximum Gasteiger partial charge on any atom is 0.238 e. The predicted molar refractivity (Wildman–Crippen MR) is 106 cm³/mol. The maximum atomic E-state index is 12.1. The van der Waals surface area contributed by atoms with Gasteiger partial charge in [-0.1, -0.05) is 18.2 Å². The fourth-order valence-corrected chi connectivity index (χ4v) is 3.87. The van der Waals surface area contributed by atoms with Crippen LogP contribution < -0.4 is 10.5 Å². The molecule has 0 radical (unpaired) electrons. The van der Waals surface area contributed by atoms with Crippen LogP contribution in [0.25, 0.3) is 0 Å². The van der Waals surface area contributed by atoms with Crippen LogP contribution in [-0.2, 0) is 14.8 Å². The molecule has 0 saturated heterocycles. The molecule has 3 N–H and O–H groups in total. The molecule has 0 aliphatic heterocycles. The summed E-state index contributed by atoms with van der Waals surface area (Å²) in [6.45, 7) is 6.02. The molecule has 0 aliphatic carbocycles. The SMILES string of the molecule is Cc1ccc(SCCC(=O)NC(C)c2ccc(S(N)(=O)=O)cc2)cc1C. The second-order valence-corrected chi connectivity index (χ2v) is 8.98. The normalized spacial score (nSPS) is 12.6. The lowest BCUT2D eigenvalue weighted by atomic mass is 10.1. The molecule has 140 valence electrons. The molecule has 0 spiro atoms. The van der Waals surface area contributed by atoms with E-state index in [-0.39, 0.29) is 16.8 Å².